The average Bonchev–Trinajstić information content (AvgIpc) is 3.48. The van der Waals surface area contributed by atoms with E-state index in [1.807, 2.05) is 85.9 Å². The van der Waals surface area contributed by atoms with Crippen LogP contribution < -0.4 is 4.90 Å². The quantitative estimate of drug-likeness (QED) is 0.189. The Morgan fingerprint density at radius 3 is 2.00 bits per heavy atom. The molecule has 188 valence electrons. The molecule has 5 aromatic rings. The number of likely N-dealkylation sites (N-methyl/N-ethyl adjacent to an activating group) is 1. The average molecular weight is 501 g/mol. The number of aromatic nitrogens is 1. The van der Waals surface area contributed by atoms with Gasteiger partial charge in [0.05, 0.1) is 6.42 Å². The summed E-state index contributed by atoms with van der Waals surface area (Å²) in [5, 5.41) is 1.83. The third-order valence-corrected chi connectivity index (χ3v) is 7.65. The number of aryl methyl sites for hydroxylation is 1. The Morgan fingerprint density at radius 1 is 0.711 bits per heavy atom. The molecule has 5 heteroatoms. The summed E-state index contributed by atoms with van der Waals surface area (Å²) in [4.78, 5) is 41.6. The zero-order valence-corrected chi connectivity index (χ0v) is 21.5. The van der Waals surface area contributed by atoms with Crippen molar-refractivity contribution in [2.24, 2.45) is 0 Å². The molecule has 0 radical (unpaired) electrons. The lowest BCUT2D eigenvalue weighted by atomic mass is 9.97. The Bertz CT molecular complexity index is 1750. The number of nitrogens with zero attached hydrogens (tertiary/aromatic N) is 2. The Morgan fingerprint density at radius 2 is 1.32 bits per heavy atom. The highest BCUT2D eigenvalue weighted by molar-refractivity contribution is 6.18. The van der Waals surface area contributed by atoms with E-state index in [1.165, 1.54) is 0 Å². The van der Waals surface area contributed by atoms with Crippen LogP contribution in [0, 0.1) is 0 Å². The second-order valence-corrected chi connectivity index (χ2v) is 9.94. The molecule has 6 rings (SSSR count). The van der Waals surface area contributed by atoms with E-state index in [9.17, 15) is 14.4 Å². The summed E-state index contributed by atoms with van der Waals surface area (Å²) in [6.45, 7) is 3.77. The number of carbonyl (C=O) groups excluding carboxylic acids is 3. The van der Waals surface area contributed by atoms with Gasteiger partial charge in [-0.2, -0.15) is 0 Å². The van der Waals surface area contributed by atoms with Crippen LogP contribution in [-0.4, -0.2) is 35.5 Å². The molecule has 0 atom stereocenters. The summed E-state index contributed by atoms with van der Waals surface area (Å²) in [5.74, 6) is -0.411. The molecular formula is C33H28N2O3. The summed E-state index contributed by atoms with van der Waals surface area (Å²) in [6, 6.07) is 26.3. The summed E-state index contributed by atoms with van der Waals surface area (Å²) in [6.07, 6.45) is 0.734. The van der Waals surface area contributed by atoms with Crippen molar-refractivity contribution in [2.75, 3.05) is 18.5 Å². The van der Waals surface area contributed by atoms with Crippen LogP contribution in [0.15, 0.2) is 84.9 Å². The summed E-state index contributed by atoms with van der Waals surface area (Å²) < 4.78 is 2.18. The van der Waals surface area contributed by atoms with Crippen molar-refractivity contribution in [1.82, 2.24) is 4.57 Å². The minimum Gasteiger partial charge on any atom is -0.374 e. The molecule has 1 aromatic heterocycles. The molecule has 38 heavy (non-hydrogen) atoms. The van der Waals surface area contributed by atoms with E-state index in [1.54, 1.807) is 6.07 Å². The molecule has 0 aliphatic carbocycles. The Hall–Kier alpha value is -4.51. The molecule has 0 saturated heterocycles. The normalized spacial score (nSPS) is 12.7. The van der Waals surface area contributed by atoms with E-state index >= 15 is 0 Å². The standard InChI is InChI=1S/C33H28N2O3/c1-3-35-29-13-10-24(32(37)20-31(36)23-9-12-28-22(17-23)15-16-34(28)2)18-26(29)27-19-25(11-14-30(27)35)33(38)21-7-5-4-6-8-21/h4-14,17-19H,3,15-16,20H2,1-2H3. The summed E-state index contributed by atoms with van der Waals surface area (Å²) in [5.41, 5.74) is 6.64. The second kappa shape index (κ2) is 9.42. The van der Waals surface area contributed by atoms with Gasteiger partial charge in [-0.1, -0.05) is 30.3 Å². The van der Waals surface area contributed by atoms with Gasteiger partial charge in [-0.15, -0.1) is 0 Å². The van der Waals surface area contributed by atoms with Crippen molar-refractivity contribution >= 4 is 44.8 Å². The Balaban J connectivity index is 1.34. The number of fused-ring (bicyclic) bond motifs is 4. The molecule has 0 fully saturated rings. The van der Waals surface area contributed by atoms with Gasteiger partial charge in [0.15, 0.2) is 17.3 Å². The van der Waals surface area contributed by atoms with E-state index in [-0.39, 0.29) is 23.8 Å². The zero-order valence-electron chi connectivity index (χ0n) is 21.5. The van der Waals surface area contributed by atoms with Gasteiger partial charge >= 0.3 is 0 Å². The predicted molar refractivity (Wildman–Crippen MR) is 152 cm³/mol. The molecule has 2 heterocycles. The lowest BCUT2D eigenvalue weighted by Gasteiger charge is -2.11. The molecule has 0 N–H and O–H groups in total. The predicted octanol–water partition coefficient (Wildman–Crippen LogP) is 6.49. The van der Waals surface area contributed by atoms with Crippen LogP contribution in [0.1, 0.15) is 55.5 Å². The fraction of sp³-hybridized carbons (Fsp3) is 0.182. The molecule has 1 aliphatic rings. The van der Waals surface area contributed by atoms with Crippen LogP contribution in [0.25, 0.3) is 21.8 Å². The fourth-order valence-corrected chi connectivity index (χ4v) is 5.61. The summed E-state index contributed by atoms with van der Waals surface area (Å²) >= 11 is 0. The smallest absolute Gasteiger partial charge is 0.193 e. The lowest BCUT2D eigenvalue weighted by molar-refractivity contribution is 0.0893. The van der Waals surface area contributed by atoms with Crippen molar-refractivity contribution in [3.05, 3.63) is 113 Å². The Kier molecular flexibility index (Phi) is 5.91. The molecule has 0 unspecified atom stereocenters. The van der Waals surface area contributed by atoms with Crippen LogP contribution in [0.5, 0.6) is 0 Å². The third kappa shape index (κ3) is 4.01. The molecule has 0 bridgehead atoms. The van der Waals surface area contributed by atoms with Crippen LogP contribution >= 0.6 is 0 Å². The monoisotopic (exact) mass is 500 g/mol. The molecular weight excluding hydrogens is 472 g/mol. The minimum absolute atomic E-state index is 0.0386. The van der Waals surface area contributed by atoms with Gasteiger partial charge < -0.3 is 9.47 Å². The van der Waals surface area contributed by atoms with Crippen LogP contribution in [-0.2, 0) is 13.0 Å². The number of rotatable bonds is 7. The SMILES string of the molecule is CCn1c2ccc(C(=O)CC(=O)c3ccc4c(c3)CCN4C)cc2c2cc(C(=O)c3ccccc3)ccc21. The van der Waals surface area contributed by atoms with Crippen molar-refractivity contribution < 1.29 is 14.4 Å². The van der Waals surface area contributed by atoms with Gasteiger partial charge in [0, 0.05) is 69.9 Å². The molecule has 1 aliphatic heterocycles. The van der Waals surface area contributed by atoms with Gasteiger partial charge in [0.25, 0.3) is 0 Å². The molecule has 0 amide bonds. The maximum Gasteiger partial charge on any atom is 0.193 e. The number of carbonyl (C=O) groups is 3. The van der Waals surface area contributed by atoms with E-state index in [2.05, 4.69) is 16.4 Å². The number of Topliss-reactive ketones (excluding diaryl/α,β-unsaturated/α-hetero) is 2. The zero-order chi connectivity index (χ0) is 26.4. The van der Waals surface area contributed by atoms with Crippen molar-refractivity contribution in [1.29, 1.82) is 0 Å². The number of hydrogen-bond donors (Lipinski definition) is 0. The number of benzene rings is 4. The van der Waals surface area contributed by atoms with Gasteiger partial charge in [0.2, 0.25) is 0 Å². The first-order valence-electron chi connectivity index (χ1n) is 13.0. The number of hydrogen-bond acceptors (Lipinski definition) is 4. The van der Waals surface area contributed by atoms with Gasteiger partial charge in [0.1, 0.15) is 0 Å². The fourth-order valence-electron chi connectivity index (χ4n) is 5.61. The topological polar surface area (TPSA) is 59.4 Å². The minimum atomic E-state index is -0.205. The van der Waals surface area contributed by atoms with E-state index in [0.29, 0.717) is 22.3 Å². The number of ketones is 3. The lowest BCUT2D eigenvalue weighted by Crippen LogP contribution is -2.12. The largest absolute Gasteiger partial charge is 0.374 e. The van der Waals surface area contributed by atoms with E-state index in [4.69, 9.17) is 0 Å². The van der Waals surface area contributed by atoms with Crippen molar-refractivity contribution in [3.8, 4) is 0 Å². The van der Waals surface area contributed by atoms with E-state index in [0.717, 1.165) is 52.6 Å². The number of anilines is 1. The van der Waals surface area contributed by atoms with Crippen LogP contribution in [0.4, 0.5) is 5.69 Å². The van der Waals surface area contributed by atoms with Crippen LogP contribution in [0.3, 0.4) is 0 Å². The van der Waals surface area contributed by atoms with Gasteiger partial charge in [-0.05, 0) is 73.5 Å². The highest BCUT2D eigenvalue weighted by atomic mass is 16.1. The maximum absolute atomic E-state index is 13.2. The molecule has 0 spiro atoms. The van der Waals surface area contributed by atoms with Gasteiger partial charge in [-0.25, -0.2) is 0 Å². The molecule has 4 aromatic carbocycles. The van der Waals surface area contributed by atoms with E-state index < -0.39 is 0 Å². The maximum atomic E-state index is 13.2. The third-order valence-electron chi connectivity index (χ3n) is 7.65. The summed E-state index contributed by atoms with van der Waals surface area (Å²) in [7, 11) is 2.04. The molecule has 0 saturated carbocycles. The second-order valence-electron chi connectivity index (χ2n) is 9.94. The Labute approximate surface area is 221 Å². The first-order chi connectivity index (χ1) is 18.4. The highest BCUT2D eigenvalue weighted by Gasteiger charge is 2.21. The highest BCUT2D eigenvalue weighted by Crippen LogP contribution is 2.32. The first-order valence-corrected chi connectivity index (χ1v) is 13.0. The van der Waals surface area contributed by atoms with Crippen molar-refractivity contribution in [3.63, 3.8) is 0 Å². The van der Waals surface area contributed by atoms with Gasteiger partial charge in [-0.3, -0.25) is 14.4 Å². The first kappa shape index (κ1) is 23.9. The van der Waals surface area contributed by atoms with Crippen molar-refractivity contribution in [2.45, 2.75) is 26.3 Å². The molecule has 5 nitrogen and oxygen atoms in total. The van der Waals surface area contributed by atoms with Crippen LogP contribution in [0.2, 0.25) is 0 Å².